The quantitative estimate of drug-likeness (QED) is 0.517. The van der Waals surface area contributed by atoms with Crippen LogP contribution in [0.1, 0.15) is 37.1 Å². The number of halogens is 1. The summed E-state index contributed by atoms with van der Waals surface area (Å²) in [5.74, 6) is 0.363. The Balaban J connectivity index is 1.27. The maximum absolute atomic E-state index is 13.1. The van der Waals surface area contributed by atoms with E-state index in [2.05, 4.69) is 15.6 Å². The predicted octanol–water partition coefficient (Wildman–Crippen LogP) is 3.36. The van der Waals surface area contributed by atoms with Crippen molar-refractivity contribution in [1.82, 2.24) is 15.6 Å². The van der Waals surface area contributed by atoms with Gasteiger partial charge in [0.1, 0.15) is 23.0 Å². The lowest BCUT2D eigenvalue weighted by Gasteiger charge is -2.28. The molecule has 1 saturated heterocycles. The first-order valence-electron chi connectivity index (χ1n) is 10.3. The molecule has 0 spiro atoms. The molecule has 1 aliphatic heterocycles. The standard InChI is InChI=1S/C22H24FN3O5/c1-13-19(24-21(31-13)14-5-7-15(23)8-6-14)12-30-17-4-2-3-16(11-17)29-10-9-18-20(27)26-22(28)25-18/h5-9,16-17H,2-4,10-12H2,1H3,(H2,25,26,27,28)/b18-9-. The average Bonchev–Trinajstić information content (AvgIpc) is 3.28. The van der Waals surface area contributed by atoms with E-state index < -0.39 is 11.9 Å². The lowest BCUT2D eigenvalue weighted by atomic mass is 9.95. The zero-order chi connectivity index (χ0) is 21.8. The Kier molecular flexibility index (Phi) is 6.43. The number of nitrogens with zero attached hydrogens (tertiary/aromatic N) is 1. The smallest absolute Gasteiger partial charge is 0.326 e. The van der Waals surface area contributed by atoms with Crippen LogP contribution in [0.25, 0.3) is 11.5 Å². The minimum atomic E-state index is -0.520. The van der Waals surface area contributed by atoms with E-state index in [1.54, 1.807) is 18.2 Å². The zero-order valence-electron chi connectivity index (χ0n) is 17.2. The molecule has 0 radical (unpaired) electrons. The van der Waals surface area contributed by atoms with Gasteiger partial charge < -0.3 is 19.2 Å². The summed E-state index contributed by atoms with van der Waals surface area (Å²) in [4.78, 5) is 27.1. The average molecular weight is 429 g/mol. The SMILES string of the molecule is Cc1oc(-c2ccc(F)cc2)nc1COC1CCCC(OC/C=C2\NC(=O)NC2=O)C1. The lowest BCUT2D eigenvalue weighted by molar-refractivity contribution is -0.115. The molecular weight excluding hydrogens is 405 g/mol. The summed E-state index contributed by atoms with van der Waals surface area (Å²) >= 11 is 0. The van der Waals surface area contributed by atoms with E-state index in [9.17, 15) is 14.0 Å². The van der Waals surface area contributed by atoms with Crippen molar-refractivity contribution >= 4 is 11.9 Å². The first-order chi connectivity index (χ1) is 15.0. The summed E-state index contributed by atoms with van der Waals surface area (Å²) in [5.41, 5.74) is 1.64. The number of aromatic nitrogens is 1. The van der Waals surface area contributed by atoms with E-state index in [0.29, 0.717) is 23.8 Å². The normalized spacial score (nSPS) is 22.6. The predicted molar refractivity (Wildman–Crippen MR) is 108 cm³/mol. The fourth-order valence-corrected chi connectivity index (χ4v) is 3.67. The molecular formula is C22H24FN3O5. The van der Waals surface area contributed by atoms with Crippen LogP contribution in [-0.2, 0) is 20.9 Å². The summed E-state index contributed by atoms with van der Waals surface area (Å²) in [5, 5.41) is 4.58. The summed E-state index contributed by atoms with van der Waals surface area (Å²) in [6.07, 6.45) is 5.18. The van der Waals surface area contributed by atoms with E-state index in [1.807, 2.05) is 6.92 Å². The van der Waals surface area contributed by atoms with E-state index in [0.717, 1.165) is 31.4 Å². The molecule has 2 aliphatic rings. The minimum Gasteiger partial charge on any atom is -0.441 e. The highest BCUT2D eigenvalue weighted by Crippen LogP contribution is 2.26. The number of aryl methyl sites for hydroxylation is 1. The molecule has 2 heterocycles. The Morgan fingerprint density at radius 1 is 1.16 bits per heavy atom. The van der Waals surface area contributed by atoms with Crippen molar-refractivity contribution in [2.45, 2.75) is 51.4 Å². The molecule has 3 amide bonds. The summed E-state index contributed by atoms with van der Waals surface area (Å²) in [7, 11) is 0. The van der Waals surface area contributed by atoms with Gasteiger partial charge in [-0.3, -0.25) is 10.1 Å². The van der Waals surface area contributed by atoms with Crippen LogP contribution in [0.2, 0.25) is 0 Å². The molecule has 1 saturated carbocycles. The second-order valence-electron chi connectivity index (χ2n) is 7.61. The van der Waals surface area contributed by atoms with Gasteiger partial charge in [-0.05, 0) is 62.9 Å². The highest BCUT2D eigenvalue weighted by molar-refractivity contribution is 6.11. The monoisotopic (exact) mass is 429 g/mol. The number of rotatable bonds is 7. The number of carbonyl (C=O) groups is 2. The number of nitrogens with one attached hydrogen (secondary N) is 2. The van der Waals surface area contributed by atoms with E-state index >= 15 is 0 Å². The largest absolute Gasteiger partial charge is 0.441 e. The highest BCUT2D eigenvalue weighted by atomic mass is 19.1. The molecule has 2 atom stereocenters. The topological polar surface area (TPSA) is 103 Å². The van der Waals surface area contributed by atoms with E-state index in [4.69, 9.17) is 13.9 Å². The number of amides is 3. The van der Waals surface area contributed by atoms with Gasteiger partial charge in [0.25, 0.3) is 5.91 Å². The molecule has 4 rings (SSSR count). The number of carbonyl (C=O) groups excluding carboxylic acids is 2. The van der Waals surface area contributed by atoms with Gasteiger partial charge in [-0.2, -0.15) is 0 Å². The zero-order valence-corrected chi connectivity index (χ0v) is 17.2. The van der Waals surface area contributed by atoms with Gasteiger partial charge in [-0.1, -0.05) is 0 Å². The van der Waals surface area contributed by atoms with Gasteiger partial charge in [0.15, 0.2) is 0 Å². The Morgan fingerprint density at radius 2 is 1.90 bits per heavy atom. The summed E-state index contributed by atoms with van der Waals surface area (Å²) < 4.78 is 30.7. The van der Waals surface area contributed by atoms with Gasteiger partial charge in [-0.25, -0.2) is 14.2 Å². The second-order valence-corrected chi connectivity index (χ2v) is 7.61. The first-order valence-corrected chi connectivity index (χ1v) is 10.3. The fraction of sp³-hybridized carbons (Fsp3) is 0.409. The number of urea groups is 1. The molecule has 1 aromatic heterocycles. The molecule has 8 nitrogen and oxygen atoms in total. The molecule has 2 fully saturated rings. The summed E-state index contributed by atoms with van der Waals surface area (Å²) in [6.45, 7) is 2.39. The number of hydrogen-bond donors (Lipinski definition) is 2. The van der Waals surface area contributed by atoms with Crippen LogP contribution in [0.5, 0.6) is 0 Å². The minimum absolute atomic E-state index is 0.0175. The molecule has 2 aromatic rings. The van der Waals surface area contributed by atoms with Crippen LogP contribution >= 0.6 is 0 Å². The molecule has 1 aromatic carbocycles. The number of ether oxygens (including phenoxy) is 2. The number of hydrogen-bond acceptors (Lipinski definition) is 6. The molecule has 0 bridgehead atoms. The maximum atomic E-state index is 13.1. The summed E-state index contributed by atoms with van der Waals surface area (Å²) in [6, 6.07) is 5.48. The second kappa shape index (κ2) is 9.40. The third-order valence-corrected chi connectivity index (χ3v) is 5.36. The van der Waals surface area contributed by atoms with Gasteiger partial charge in [0.2, 0.25) is 5.89 Å². The number of oxazole rings is 1. The molecule has 2 unspecified atom stereocenters. The van der Waals surface area contributed by atoms with Crippen molar-refractivity contribution < 1.29 is 27.9 Å². The molecule has 2 N–H and O–H groups in total. The molecule has 1 aliphatic carbocycles. The van der Waals surface area contributed by atoms with Crippen LogP contribution in [0.15, 0.2) is 40.5 Å². The van der Waals surface area contributed by atoms with E-state index in [1.165, 1.54) is 12.1 Å². The van der Waals surface area contributed by atoms with Gasteiger partial charge >= 0.3 is 6.03 Å². The Hall–Kier alpha value is -3.04. The Labute approximate surface area is 178 Å². The first kappa shape index (κ1) is 21.2. The van der Waals surface area contributed by atoms with Crippen molar-refractivity contribution in [2.24, 2.45) is 0 Å². The fourth-order valence-electron chi connectivity index (χ4n) is 3.67. The van der Waals surface area contributed by atoms with Crippen molar-refractivity contribution in [1.29, 1.82) is 0 Å². The molecule has 164 valence electrons. The third-order valence-electron chi connectivity index (χ3n) is 5.36. The van der Waals surface area contributed by atoms with Crippen LogP contribution in [0.4, 0.5) is 9.18 Å². The van der Waals surface area contributed by atoms with Crippen molar-refractivity contribution in [3.63, 3.8) is 0 Å². The maximum Gasteiger partial charge on any atom is 0.326 e. The van der Waals surface area contributed by atoms with Gasteiger partial charge in [-0.15, -0.1) is 0 Å². The molecule has 9 heteroatoms. The van der Waals surface area contributed by atoms with Crippen LogP contribution in [-0.4, -0.2) is 35.7 Å². The van der Waals surface area contributed by atoms with Crippen molar-refractivity contribution in [2.75, 3.05) is 6.61 Å². The lowest BCUT2D eigenvalue weighted by Crippen LogP contribution is -2.28. The van der Waals surface area contributed by atoms with Crippen molar-refractivity contribution in [3.05, 3.63) is 53.3 Å². The third kappa shape index (κ3) is 5.36. The van der Waals surface area contributed by atoms with Crippen LogP contribution in [0.3, 0.4) is 0 Å². The van der Waals surface area contributed by atoms with E-state index in [-0.39, 0.29) is 30.3 Å². The van der Waals surface area contributed by atoms with Crippen LogP contribution < -0.4 is 10.6 Å². The Bertz CT molecular complexity index is 986. The number of imide groups is 1. The Morgan fingerprint density at radius 3 is 2.61 bits per heavy atom. The number of benzene rings is 1. The van der Waals surface area contributed by atoms with Crippen LogP contribution in [0, 0.1) is 12.7 Å². The van der Waals surface area contributed by atoms with Crippen molar-refractivity contribution in [3.8, 4) is 11.5 Å². The highest BCUT2D eigenvalue weighted by Gasteiger charge is 2.25. The molecule has 31 heavy (non-hydrogen) atoms. The van der Waals surface area contributed by atoms with Gasteiger partial charge in [0.05, 0.1) is 25.4 Å². The van der Waals surface area contributed by atoms with Gasteiger partial charge in [0, 0.05) is 5.56 Å².